The highest BCUT2D eigenvalue weighted by Gasteiger charge is 2.16. The average molecular weight is 227 g/mol. The first-order valence-electron chi connectivity index (χ1n) is 5.53. The van der Waals surface area contributed by atoms with Crippen LogP contribution in [0.25, 0.3) is 11.0 Å². The Morgan fingerprint density at radius 1 is 1.24 bits per heavy atom. The third kappa shape index (κ3) is 1.49. The van der Waals surface area contributed by atoms with Crippen molar-refractivity contribution in [2.24, 2.45) is 0 Å². The van der Waals surface area contributed by atoms with Crippen LogP contribution >= 0.6 is 0 Å². The first kappa shape index (κ1) is 9.96. The molecule has 86 valence electrons. The number of hydrogen-bond donors (Lipinski definition) is 1. The summed E-state index contributed by atoms with van der Waals surface area (Å²) in [6.45, 7) is 2.04. The van der Waals surface area contributed by atoms with Gasteiger partial charge in [-0.15, -0.1) is 0 Å². The zero-order chi connectivity index (χ0) is 11.8. The summed E-state index contributed by atoms with van der Waals surface area (Å²) in [4.78, 5) is 4.34. The average Bonchev–Trinajstić information content (AvgIpc) is 2.94. The number of anilines is 1. The van der Waals surface area contributed by atoms with Gasteiger partial charge in [-0.1, -0.05) is 12.1 Å². The summed E-state index contributed by atoms with van der Waals surface area (Å²) in [6.07, 6.45) is 1.67. The molecule has 2 aromatic heterocycles. The Labute approximate surface area is 98.7 Å². The van der Waals surface area contributed by atoms with E-state index in [0.29, 0.717) is 5.95 Å². The molecule has 0 aliphatic rings. The normalized spacial score (nSPS) is 13.0. The van der Waals surface area contributed by atoms with Gasteiger partial charge in [0.15, 0.2) is 0 Å². The number of imidazole rings is 1. The monoisotopic (exact) mass is 227 g/mol. The molecule has 0 aliphatic carbocycles. The number of nitrogen functional groups attached to an aromatic ring is 1. The van der Waals surface area contributed by atoms with Crippen molar-refractivity contribution in [1.82, 2.24) is 9.55 Å². The number of benzene rings is 1. The van der Waals surface area contributed by atoms with Gasteiger partial charge in [0.2, 0.25) is 5.95 Å². The van der Waals surface area contributed by atoms with Crippen LogP contribution in [-0.4, -0.2) is 9.55 Å². The second-order valence-electron chi connectivity index (χ2n) is 4.02. The highest BCUT2D eigenvalue weighted by atomic mass is 16.3. The van der Waals surface area contributed by atoms with E-state index in [9.17, 15) is 0 Å². The molecule has 1 atom stereocenters. The summed E-state index contributed by atoms with van der Waals surface area (Å²) in [5, 5.41) is 0. The highest BCUT2D eigenvalue weighted by molar-refractivity contribution is 5.78. The summed E-state index contributed by atoms with van der Waals surface area (Å²) in [7, 11) is 0. The summed E-state index contributed by atoms with van der Waals surface area (Å²) in [5.74, 6) is 1.38. The third-order valence-electron chi connectivity index (χ3n) is 2.97. The summed E-state index contributed by atoms with van der Waals surface area (Å²) in [6, 6.07) is 11.8. The molecule has 3 rings (SSSR count). The molecule has 0 saturated heterocycles. The van der Waals surface area contributed by atoms with Crippen LogP contribution in [0, 0.1) is 0 Å². The van der Waals surface area contributed by atoms with Crippen LogP contribution in [0.5, 0.6) is 0 Å². The van der Waals surface area contributed by atoms with Gasteiger partial charge in [-0.05, 0) is 31.2 Å². The molecule has 0 unspecified atom stereocenters. The van der Waals surface area contributed by atoms with Crippen molar-refractivity contribution in [3.63, 3.8) is 0 Å². The van der Waals surface area contributed by atoms with Crippen LogP contribution < -0.4 is 5.73 Å². The maximum Gasteiger partial charge on any atom is 0.201 e. The number of hydrogen-bond acceptors (Lipinski definition) is 3. The van der Waals surface area contributed by atoms with Crippen molar-refractivity contribution in [1.29, 1.82) is 0 Å². The molecule has 17 heavy (non-hydrogen) atoms. The lowest BCUT2D eigenvalue weighted by Gasteiger charge is -2.13. The van der Waals surface area contributed by atoms with Crippen LogP contribution in [0.4, 0.5) is 5.95 Å². The van der Waals surface area contributed by atoms with Gasteiger partial charge in [0.25, 0.3) is 0 Å². The SMILES string of the molecule is C[C@@H](c1ccco1)n1c(N)nc2ccccc21. The minimum atomic E-state index is 0.0393. The Hall–Kier alpha value is -2.23. The first-order chi connectivity index (χ1) is 8.27. The Morgan fingerprint density at radius 2 is 2.06 bits per heavy atom. The Balaban J connectivity index is 2.20. The smallest absolute Gasteiger partial charge is 0.201 e. The zero-order valence-electron chi connectivity index (χ0n) is 9.50. The maximum atomic E-state index is 5.97. The number of nitrogens with zero attached hydrogens (tertiary/aromatic N) is 2. The molecule has 3 aromatic rings. The standard InChI is InChI=1S/C13H13N3O/c1-9(12-7-4-8-17-12)16-11-6-3-2-5-10(11)15-13(16)14/h2-9H,1H3,(H2,14,15)/t9-/m0/s1. The molecule has 1 aromatic carbocycles. The fourth-order valence-electron chi connectivity index (χ4n) is 2.13. The van der Waals surface area contributed by atoms with E-state index in [1.807, 2.05) is 47.9 Å². The molecule has 0 amide bonds. The summed E-state index contributed by atoms with van der Waals surface area (Å²) < 4.78 is 7.40. The Morgan fingerprint density at radius 3 is 2.82 bits per heavy atom. The van der Waals surface area contributed by atoms with E-state index in [-0.39, 0.29) is 6.04 Å². The van der Waals surface area contributed by atoms with E-state index in [2.05, 4.69) is 4.98 Å². The van der Waals surface area contributed by atoms with Crippen LogP contribution in [0.3, 0.4) is 0 Å². The lowest BCUT2D eigenvalue weighted by Crippen LogP contribution is -2.09. The van der Waals surface area contributed by atoms with Gasteiger partial charge in [0.05, 0.1) is 23.3 Å². The second kappa shape index (κ2) is 3.66. The largest absolute Gasteiger partial charge is 0.467 e. The van der Waals surface area contributed by atoms with E-state index >= 15 is 0 Å². The molecule has 0 fully saturated rings. The van der Waals surface area contributed by atoms with Gasteiger partial charge >= 0.3 is 0 Å². The van der Waals surface area contributed by atoms with E-state index in [4.69, 9.17) is 10.2 Å². The number of furan rings is 1. The number of fused-ring (bicyclic) bond motifs is 1. The third-order valence-corrected chi connectivity index (χ3v) is 2.97. The molecule has 0 bridgehead atoms. The minimum Gasteiger partial charge on any atom is -0.467 e. The van der Waals surface area contributed by atoms with Crippen LogP contribution in [-0.2, 0) is 0 Å². The zero-order valence-corrected chi connectivity index (χ0v) is 9.50. The summed E-state index contributed by atoms with van der Waals surface area (Å²) in [5.41, 5.74) is 7.90. The molecule has 0 spiro atoms. The van der Waals surface area contributed by atoms with Gasteiger partial charge in [0, 0.05) is 0 Å². The van der Waals surface area contributed by atoms with Crippen LogP contribution in [0.2, 0.25) is 0 Å². The van der Waals surface area contributed by atoms with E-state index in [1.54, 1.807) is 6.26 Å². The Kier molecular flexibility index (Phi) is 2.14. The molecule has 4 nitrogen and oxygen atoms in total. The van der Waals surface area contributed by atoms with Crippen molar-refractivity contribution in [3.8, 4) is 0 Å². The molecule has 2 N–H and O–H groups in total. The van der Waals surface area contributed by atoms with E-state index < -0.39 is 0 Å². The number of rotatable bonds is 2. The van der Waals surface area contributed by atoms with Gasteiger partial charge in [-0.3, -0.25) is 0 Å². The molecule has 2 heterocycles. The van der Waals surface area contributed by atoms with Gasteiger partial charge in [-0.2, -0.15) is 0 Å². The summed E-state index contributed by atoms with van der Waals surface area (Å²) >= 11 is 0. The van der Waals surface area contributed by atoms with E-state index in [0.717, 1.165) is 16.8 Å². The van der Waals surface area contributed by atoms with Gasteiger partial charge in [0.1, 0.15) is 5.76 Å². The van der Waals surface area contributed by atoms with Crippen molar-refractivity contribution in [2.45, 2.75) is 13.0 Å². The molecule has 4 heteroatoms. The number of para-hydroxylation sites is 2. The molecular formula is C13H13N3O. The lowest BCUT2D eigenvalue weighted by atomic mass is 10.2. The van der Waals surface area contributed by atoms with Crippen molar-refractivity contribution < 1.29 is 4.42 Å². The highest BCUT2D eigenvalue weighted by Crippen LogP contribution is 2.27. The van der Waals surface area contributed by atoms with Gasteiger partial charge < -0.3 is 14.7 Å². The van der Waals surface area contributed by atoms with Gasteiger partial charge in [-0.25, -0.2) is 4.98 Å². The molecule has 0 saturated carbocycles. The number of aromatic nitrogens is 2. The fourth-order valence-corrected chi connectivity index (χ4v) is 2.13. The second-order valence-corrected chi connectivity index (χ2v) is 4.02. The van der Waals surface area contributed by atoms with Crippen molar-refractivity contribution >= 4 is 17.0 Å². The molecule has 0 aliphatic heterocycles. The van der Waals surface area contributed by atoms with Crippen molar-refractivity contribution in [2.75, 3.05) is 5.73 Å². The predicted molar refractivity (Wildman–Crippen MR) is 66.7 cm³/mol. The Bertz CT molecular complexity index is 640. The molecular weight excluding hydrogens is 214 g/mol. The van der Waals surface area contributed by atoms with Crippen LogP contribution in [0.1, 0.15) is 18.7 Å². The predicted octanol–water partition coefficient (Wildman–Crippen LogP) is 2.82. The van der Waals surface area contributed by atoms with Crippen LogP contribution in [0.15, 0.2) is 47.1 Å². The fraction of sp³-hybridized carbons (Fsp3) is 0.154. The number of nitrogens with two attached hydrogens (primary N) is 1. The van der Waals surface area contributed by atoms with E-state index in [1.165, 1.54) is 0 Å². The quantitative estimate of drug-likeness (QED) is 0.732. The molecule has 0 radical (unpaired) electrons. The van der Waals surface area contributed by atoms with Crippen molar-refractivity contribution in [3.05, 3.63) is 48.4 Å². The first-order valence-corrected chi connectivity index (χ1v) is 5.53. The topological polar surface area (TPSA) is 57.0 Å². The maximum absolute atomic E-state index is 5.97. The minimum absolute atomic E-state index is 0.0393. The lowest BCUT2D eigenvalue weighted by molar-refractivity contribution is 0.453.